The van der Waals surface area contributed by atoms with Crippen LogP contribution in [0.25, 0.3) is 0 Å². The summed E-state index contributed by atoms with van der Waals surface area (Å²) in [6, 6.07) is 10.8. The largest absolute Gasteiger partial charge is 0.486 e. The smallest absolute Gasteiger partial charge is 0.311 e. The molecule has 6 heteroatoms. The predicted octanol–water partition coefficient (Wildman–Crippen LogP) is 2.60. The third-order valence-electron chi connectivity index (χ3n) is 4.14. The first-order valence-corrected chi connectivity index (χ1v) is 7.71. The summed E-state index contributed by atoms with van der Waals surface area (Å²) in [5.41, 5.74) is 1.56. The maximum absolute atomic E-state index is 11.8. The van der Waals surface area contributed by atoms with Crippen LogP contribution in [0.5, 0.6) is 23.0 Å². The third-order valence-corrected chi connectivity index (χ3v) is 4.14. The molecule has 0 bridgehead atoms. The molecule has 0 aliphatic carbocycles. The number of benzene rings is 2. The van der Waals surface area contributed by atoms with Gasteiger partial charge in [0, 0.05) is 0 Å². The number of ether oxygens (including phenoxy) is 4. The van der Waals surface area contributed by atoms with Crippen LogP contribution in [0, 0.1) is 0 Å². The fraction of sp³-hybridized carbons (Fsp3) is 0.278. The molecule has 0 saturated heterocycles. The summed E-state index contributed by atoms with van der Waals surface area (Å²) in [5, 5.41) is 9.66. The Hall–Kier alpha value is -2.89. The van der Waals surface area contributed by atoms with Crippen molar-refractivity contribution < 1.29 is 28.8 Å². The monoisotopic (exact) mass is 328 g/mol. The maximum atomic E-state index is 11.8. The van der Waals surface area contributed by atoms with Crippen LogP contribution < -0.4 is 18.9 Å². The van der Waals surface area contributed by atoms with E-state index in [1.807, 2.05) is 12.1 Å². The summed E-state index contributed by atoms with van der Waals surface area (Å²) < 4.78 is 21.7. The Labute approximate surface area is 138 Å². The Balaban J connectivity index is 1.61. The van der Waals surface area contributed by atoms with Crippen molar-refractivity contribution in [2.24, 2.45) is 0 Å². The van der Waals surface area contributed by atoms with Gasteiger partial charge in [0.15, 0.2) is 23.0 Å². The van der Waals surface area contributed by atoms with Crippen molar-refractivity contribution in [2.75, 3.05) is 20.0 Å². The van der Waals surface area contributed by atoms with E-state index >= 15 is 0 Å². The molecule has 2 aliphatic rings. The molecular formula is C18H16O6. The zero-order valence-corrected chi connectivity index (χ0v) is 12.9. The Bertz CT molecular complexity index is 785. The van der Waals surface area contributed by atoms with E-state index in [4.69, 9.17) is 18.9 Å². The SMILES string of the molecule is O=C(O)C(Cc1ccc2c(c1)OCO2)c1ccc2c(c1)OCCO2. The number of hydrogen-bond donors (Lipinski definition) is 1. The van der Waals surface area contributed by atoms with Gasteiger partial charge in [0.25, 0.3) is 0 Å². The second kappa shape index (κ2) is 5.96. The summed E-state index contributed by atoms with van der Waals surface area (Å²) in [6.45, 7) is 1.17. The van der Waals surface area contributed by atoms with Crippen molar-refractivity contribution in [3.05, 3.63) is 47.5 Å². The molecule has 0 aromatic heterocycles. The topological polar surface area (TPSA) is 74.2 Å². The van der Waals surface area contributed by atoms with Crippen molar-refractivity contribution in [3.63, 3.8) is 0 Å². The van der Waals surface area contributed by atoms with Crippen LogP contribution in [0.4, 0.5) is 0 Å². The van der Waals surface area contributed by atoms with Crippen molar-refractivity contribution in [1.82, 2.24) is 0 Å². The van der Waals surface area contributed by atoms with Gasteiger partial charge < -0.3 is 24.1 Å². The van der Waals surface area contributed by atoms with E-state index in [9.17, 15) is 9.90 Å². The van der Waals surface area contributed by atoms with Crippen LogP contribution >= 0.6 is 0 Å². The molecular weight excluding hydrogens is 312 g/mol. The fourth-order valence-electron chi connectivity index (χ4n) is 2.93. The predicted molar refractivity (Wildman–Crippen MR) is 84.1 cm³/mol. The molecule has 124 valence electrons. The molecule has 24 heavy (non-hydrogen) atoms. The first-order chi connectivity index (χ1) is 11.7. The van der Waals surface area contributed by atoms with Crippen LogP contribution in [0.15, 0.2) is 36.4 Å². The lowest BCUT2D eigenvalue weighted by Crippen LogP contribution is -2.18. The highest BCUT2D eigenvalue weighted by atomic mass is 16.7. The van der Waals surface area contributed by atoms with E-state index in [2.05, 4.69) is 0 Å². The molecule has 0 fully saturated rings. The molecule has 1 N–H and O–H groups in total. The number of fused-ring (bicyclic) bond motifs is 2. The average Bonchev–Trinajstić information content (AvgIpc) is 3.06. The Morgan fingerprint density at radius 1 is 0.917 bits per heavy atom. The molecule has 0 radical (unpaired) electrons. The van der Waals surface area contributed by atoms with Gasteiger partial charge in [0.05, 0.1) is 5.92 Å². The van der Waals surface area contributed by atoms with E-state index in [0.29, 0.717) is 48.2 Å². The van der Waals surface area contributed by atoms with Crippen LogP contribution in [0.1, 0.15) is 17.0 Å². The minimum absolute atomic E-state index is 0.198. The summed E-state index contributed by atoms with van der Waals surface area (Å²) in [7, 11) is 0. The van der Waals surface area contributed by atoms with Crippen LogP contribution in [0.2, 0.25) is 0 Å². The second-order valence-corrected chi connectivity index (χ2v) is 5.69. The zero-order chi connectivity index (χ0) is 16.5. The molecule has 1 atom stereocenters. The van der Waals surface area contributed by atoms with Gasteiger partial charge >= 0.3 is 5.97 Å². The molecule has 2 aliphatic heterocycles. The summed E-state index contributed by atoms with van der Waals surface area (Å²) in [5.74, 6) is 1.02. The molecule has 0 saturated carbocycles. The first kappa shape index (κ1) is 14.7. The highest BCUT2D eigenvalue weighted by Gasteiger charge is 2.24. The minimum Gasteiger partial charge on any atom is -0.486 e. The van der Waals surface area contributed by atoms with Crippen molar-refractivity contribution >= 4 is 5.97 Å². The van der Waals surface area contributed by atoms with Gasteiger partial charge in [-0.15, -0.1) is 0 Å². The number of carboxylic acid groups (broad SMARTS) is 1. The van der Waals surface area contributed by atoms with Crippen LogP contribution in [-0.2, 0) is 11.2 Å². The van der Waals surface area contributed by atoms with Gasteiger partial charge in [0.1, 0.15) is 13.2 Å². The molecule has 6 nitrogen and oxygen atoms in total. The van der Waals surface area contributed by atoms with Gasteiger partial charge in [-0.05, 0) is 41.8 Å². The van der Waals surface area contributed by atoms with Gasteiger partial charge in [-0.25, -0.2) is 0 Å². The number of aliphatic carboxylic acids is 1. The number of carbonyl (C=O) groups is 1. The number of carboxylic acids is 1. The molecule has 2 aromatic rings. The Morgan fingerprint density at radius 3 is 2.42 bits per heavy atom. The van der Waals surface area contributed by atoms with E-state index in [-0.39, 0.29) is 6.79 Å². The van der Waals surface area contributed by atoms with E-state index < -0.39 is 11.9 Å². The maximum Gasteiger partial charge on any atom is 0.311 e. The molecule has 4 rings (SSSR count). The summed E-state index contributed by atoms with van der Waals surface area (Å²) in [4.78, 5) is 11.8. The van der Waals surface area contributed by atoms with E-state index in [1.165, 1.54) is 0 Å². The quantitative estimate of drug-likeness (QED) is 0.930. The van der Waals surface area contributed by atoms with E-state index in [0.717, 1.165) is 5.56 Å². The highest BCUT2D eigenvalue weighted by Crippen LogP contribution is 2.36. The number of hydrogen-bond acceptors (Lipinski definition) is 5. The molecule has 2 aromatic carbocycles. The second-order valence-electron chi connectivity index (χ2n) is 5.69. The highest BCUT2D eigenvalue weighted by molar-refractivity contribution is 5.77. The average molecular weight is 328 g/mol. The van der Waals surface area contributed by atoms with Crippen molar-refractivity contribution in [3.8, 4) is 23.0 Å². The minimum atomic E-state index is -0.885. The van der Waals surface area contributed by atoms with Gasteiger partial charge in [0.2, 0.25) is 6.79 Å². The zero-order valence-electron chi connectivity index (χ0n) is 12.9. The number of rotatable bonds is 4. The fourth-order valence-corrected chi connectivity index (χ4v) is 2.93. The van der Waals surface area contributed by atoms with E-state index in [1.54, 1.807) is 24.3 Å². The Morgan fingerprint density at radius 2 is 1.58 bits per heavy atom. The lowest BCUT2D eigenvalue weighted by atomic mass is 9.91. The van der Waals surface area contributed by atoms with Crippen molar-refractivity contribution in [2.45, 2.75) is 12.3 Å². The van der Waals surface area contributed by atoms with Crippen LogP contribution in [0.3, 0.4) is 0 Å². The Kier molecular flexibility index (Phi) is 3.65. The first-order valence-electron chi connectivity index (χ1n) is 7.71. The third kappa shape index (κ3) is 2.71. The van der Waals surface area contributed by atoms with Crippen LogP contribution in [-0.4, -0.2) is 31.1 Å². The molecule has 2 heterocycles. The van der Waals surface area contributed by atoms with Gasteiger partial charge in [-0.3, -0.25) is 4.79 Å². The molecule has 0 amide bonds. The van der Waals surface area contributed by atoms with Crippen molar-refractivity contribution in [1.29, 1.82) is 0 Å². The van der Waals surface area contributed by atoms with Gasteiger partial charge in [-0.2, -0.15) is 0 Å². The summed E-state index contributed by atoms with van der Waals surface area (Å²) >= 11 is 0. The molecule has 0 spiro atoms. The summed E-state index contributed by atoms with van der Waals surface area (Å²) in [6.07, 6.45) is 0.353. The standard InChI is InChI=1S/C18H16O6/c19-18(20)13(7-11-1-3-15-16(8-11)24-10-23-15)12-2-4-14-17(9-12)22-6-5-21-14/h1-4,8-9,13H,5-7,10H2,(H,19,20). The van der Waals surface area contributed by atoms with Gasteiger partial charge in [-0.1, -0.05) is 12.1 Å². The lowest BCUT2D eigenvalue weighted by molar-refractivity contribution is -0.138. The normalized spacial score (nSPS) is 15.8. The molecule has 1 unspecified atom stereocenters. The lowest BCUT2D eigenvalue weighted by Gasteiger charge is -2.20.